The van der Waals surface area contributed by atoms with Gasteiger partial charge in [-0.05, 0) is 139 Å². The highest BCUT2D eigenvalue weighted by Gasteiger charge is 2.49. The number of amides is 2. The third-order valence-electron chi connectivity index (χ3n) is 15.6. The van der Waals surface area contributed by atoms with Gasteiger partial charge in [0.25, 0.3) is 11.8 Å². The number of benzene rings is 2. The van der Waals surface area contributed by atoms with Gasteiger partial charge in [0.15, 0.2) is 0 Å². The molecule has 2 aromatic carbocycles. The van der Waals surface area contributed by atoms with Crippen molar-refractivity contribution in [3.63, 3.8) is 0 Å². The first-order valence-corrected chi connectivity index (χ1v) is 29.5. The number of esters is 5. The molecular weight excluding hydrogens is 1070 g/mol. The normalized spacial score (nSPS) is 20.3. The van der Waals surface area contributed by atoms with Gasteiger partial charge in [0.05, 0.1) is 42.6 Å². The SMILES string of the molecule is CCOC(=O)c1nc([C@H](CCCN2Cc3c(cc(OC(C)=O)c4c3O[C@](C)(CC/C=C(\C)CCC=C(C)C)[C@@H](OC(C)=O)C4)C2=O)N2Cc3c(cc(OC(C)=O)c4c3O[C@](C)(CC/C=C(\C)CCC=C(C)C)[C@@H](OC(C)=O)C4)C2=O)cs1. The van der Waals surface area contributed by atoms with E-state index in [0.717, 1.165) is 37.0 Å². The fourth-order valence-electron chi connectivity index (χ4n) is 11.3. The van der Waals surface area contributed by atoms with Crippen LogP contribution < -0.4 is 18.9 Å². The number of hydrogen-bond acceptors (Lipinski definition) is 16. The Kier molecular flexibility index (Phi) is 20.5. The molecule has 0 N–H and O–H groups in total. The first-order valence-electron chi connectivity index (χ1n) is 28.6. The molecule has 17 nitrogen and oxygen atoms in total. The minimum absolute atomic E-state index is 0.0559. The molecule has 5 atom stereocenters. The number of rotatable bonds is 24. The molecule has 0 saturated heterocycles. The minimum Gasteiger partial charge on any atom is -0.483 e. The lowest BCUT2D eigenvalue weighted by Crippen LogP contribution is -2.51. The zero-order valence-electron chi connectivity index (χ0n) is 50.1. The molecule has 7 rings (SSSR count). The Hall–Kier alpha value is -7.08. The molecule has 1 aromatic heterocycles. The van der Waals surface area contributed by atoms with Crippen LogP contribution in [-0.2, 0) is 59.3 Å². The monoisotopic (exact) mass is 1150 g/mol. The summed E-state index contributed by atoms with van der Waals surface area (Å²) in [4.78, 5) is 101. The van der Waals surface area contributed by atoms with E-state index in [1.165, 1.54) is 50.0 Å². The van der Waals surface area contributed by atoms with Crippen LogP contribution in [0.15, 0.2) is 64.1 Å². The van der Waals surface area contributed by atoms with Crippen molar-refractivity contribution in [3.8, 4) is 23.0 Å². The van der Waals surface area contributed by atoms with Gasteiger partial charge in [-0.25, -0.2) is 9.78 Å². The summed E-state index contributed by atoms with van der Waals surface area (Å²) in [6, 6.07) is 2.39. The summed E-state index contributed by atoms with van der Waals surface area (Å²) >= 11 is 1.10. The van der Waals surface area contributed by atoms with Crippen LogP contribution in [0.4, 0.5) is 0 Å². The molecule has 0 spiro atoms. The number of nitrogens with zero attached hydrogens (tertiary/aromatic N) is 3. The van der Waals surface area contributed by atoms with Crippen molar-refractivity contribution < 1.29 is 66.7 Å². The number of carbonyl (C=O) groups excluding carboxylic acids is 7. The summed E-state index contributed by atoms with van der Waals surface area (Å²) in [7, 11) is 0. The summed E-state index contributed by atoms with van der Waals surface area (Å²) in [6.07, 6.45) is 14.1. The zero-order chi connectivity index (χ0) is 59.8. The van der Waals surface area contributed by atoms with Crippen LogP contribution in [0.2, 0.25) is 0 Å². The Morgan fingerprint density at radius 2 is 1.16 bits per heavy atom. The molecule has 0 aliphatic carbocycles. The van der Waals surface area contributed by atoms with E-state index < -0.39 is 59.3 Å². The molecule has 0 unspecified atom stereocenters. The van der Waals surface area contributed by atoms with Crippen LogP contribution in [0.5, 0.6) is 23.0 Å². The second kappa shape index (κ2) is 26.9. The van der Waals surface area contributed by atoms with E-state index in [1.807, 2.05) is 13.8 Å². The molecule has 0 radical (unpaired) electrons. The van der Waals surface area contributed by atoms with Crippen molar-refractivity contribution in [1.29, 1.82) is 0 Å². The number of ether oxygens (including phenoxy) is 7. The maximum absolute atomic E-state index is 15.1. The van der Waals surface area contributed by atoms with E-state index in [0.29, 0.717) is 77.1 Å². The Labute approximate surface area is 486 Å². The second-order valence-corrected chi connectivity index (χ2v) is 23.8. The lowest BCUT2D eigenvalue weighted by Gasteiger charge is -2.42. The van der Waals surface area contributed by atoms with E-state index in [4.69, 9.17) is 38.1 Å². The van der Waals surface area contributed by atoms with E-state index in [9.17, 15) is 28.8 Å². The molecule has 2 amide bonds. The quantitative estimate of drug-likeness (QED) is 0.0354. The number of thiazole rings is 1. The average molecular weight is 1150 g/mol. The number of hydrogen-bond donors (Lipinski definition) is 0. The third kappa shape index (κ3) is 14.9. The smallest absolute Gasteiger partial charge is 0.367 e. The Morgan fingerprint density at radius 3 is 1.62 bits per heavy atom. The summed E-state index contributed by atoms with van der Waals surface area (Å²) < 4.78 is 42.7. The van der Waals surface area contributed by atoms with E-state index in [1.54, 1.807) is 34.2 Å². The molecule has 3 aromatic rings. The maximum Gasteiger partial charge on any atom is 0.367 e. The van der Waals surface area contributed by atoms with Gasteiger partial charge in [-0.3, -0.25) is 28.8 Å². The van der Waals surface area contributed by atoms with Gasteiger partial charge in [0.1, 0.15) is 46.4 Å². The van der Waals surface area contributed by atoms with Crippen LogP contribution in [0.1, 0.15) is 219 Å². The molecule has 82 heavy (non-hydrogen) atoms. The first-order chi connectivity index (χ1) is 38.8. The van der Waals surface area contributed by atoms with Crippen molar-refractivity contribution in [3.05, 3.63) is 108 Å². The highest BCUT2D eigenvalue weighted by molar-refractivity contribution is 7.11. The number of aromatic nitrogens is 1. The van der Waals surface area contributed by atoms with Crippen LogP contribution in [0.3, 0.4) is 0 Å². The predicted molar refractivity (Wildman–Crippen MR) is 310 cm³/mol. The molecule has 0 fully saturated rings. The first kappa shape index (κ1) is 62.5. The molecule has 18 heteroatoms. The topological polar surface area (TPSA) is 203 Å². The van der Waals surface area contributed by atoms with E-state index in [2.05, 4.69) is 65.8 Å². The largest absolute Gasteiger partial charge is 0.483 e. The fraction of sp³-hybridized carbons (Fsp3) is 0.531. The summed E-state index contributed by atoms with van der Waals surface area (Å²) in [5.41, 5.74) is 6.13. The lowest BCUT2D eigenvalue weighted by atomic mass is 9.83. The number of carbonyl (C=O) groups is 7. The molecule has 442 valence electrons. The minimum atomic E-state index is -1.05. The standard InChI is InChI=1S/C64H81N3O14S/c1-14-75-62(74)59-65-51(36-82-59)52(67-35-50-46(61(67)73)31-54(77-42(9)69)48-33-56(79-44(11)71)64(13,81-58(48)50)28-18-25-40(7)23-16-21-38(4)5)26-19-29-66-34-49-45(60(66)72)30-53(76-41(8)68)47-32-55(78-43(10)70)63(12,80-57(47)49)27-17-24-39(6)22-15-20-37(2)3/h20-21,24-25,30-31,36,52,55-56H,14-19,22-23,26-29,32-35H2,1-13H3/b39-24+,40-25+/t52-,55-,56-,63+,64+/m0/s1. The maximum atomic E-state index is 15.1. The van der Waals surface area contributed by atoms with Crippen molar-refractivity contribution in [2.75, 3.05) is 13.2 Å². The van der Waals surface area contributed by atoms with Gasteiger partial charge in [-0.15, -0.1) is 11.3 Å². The third-order valence-corrected chi connectivity index (χ3v) is 16.4. The highest BCUT2D eigenvalue weighted by Crippen LogP contribution is 2.51. The average Bonchev–Trinajstić information content (AvgIpc) is 2.05. The van der Waals surface area contributed by atoms with Crippen LogP contribution >= 0.6 is 11.3 Å². The van der Waals surface area contributed by atoms with Crippen molar-refractivity contribution in [2.24, 2.45) is 0 Å². The van der Waals surface area contributed by atoms with Gasteiger partial charge in [-0.2, -0.15) is 0 Å². The predicted octanol–water partition coefficient (Wildman–Crippen LogP) is 12.5. The number of allylic oxidation sites excluding steroid dienone is 8. The molecule has 4 aliphatic heterocycles. The van der Waals surface area contributed by atoms with Crippen LogP contribution in [-0.4, -0.2) is 93.0 Å². The second-order valence-electron chi connectivity index (χ2n) is 23.0. The molecule has 0 bridgehead atoms. The Balaban J connectivity index is 1.19. The molecule has 5 heterocycles. The van der Waals surface area contributed by atoms with Crippen molar-refractivity contribution in [1.82, 2.24) is 14.8 Å². The fourth-order valence-corrected chi connectivity index (χ4v) is 12.1. The van der Waals surface area contributed by atoms with Crippen LogP contribution in [0, 0.1) is 0 Å². The summed E-state index contributed by atoms with van der Waals surface area (Å²) in [6.45, 7) is 23.8. The molecular formula is C64H81N3O14S. The molecule has 0 saturated carbocycles. The summed E-state index contributed by atoms with van der Waals surface area (Å²) in [5, 5.41) is 1.85. The van der Waals surface area contributed by atoms with E-state index >= 15 is 4.79 Å². The number of fused-ring (bicyclic) bond motifs is 6. The Morgan fingerprint density at radius 1 is 0.671 bits per heavy atom. The zero-order valence-corrected chi connectivity index (χ0v) is 50.9. The van der Waals surface area contributed by atoms with Crippen molar-refractivity contribution in [2.45, 2.75) is 210 Å². The van der Waals surface area contributed by atoms with Gasteiger partial charge >= 0.3 is 29.8 Å². The van der Waals surface area contributed by atoms with Gasteiger partial charge < -0.3 is 43.0 Å². The van der Waals surface area contributed by atoms with Gasteiger partial charge in [-0.1, -0.05) is 46.6 Å². The molecule has 4 aliphatic rings. The van der Waals surface area contributed by atoms with Gasteiger partial charge in [0.2, 0.25) is 5.01 Å². The van der Waals surface area contributed by atoms with Gasteiger partial charge in [0, 0.05) is 74.7 Å². The Bertz CT molecular complexity index is 3100. The van der Waals surface area contributed by atoms with E-state index in [-0.39, 0.29) is 79.4 Å². The van der Waals surface area contributed by atoms with Crippen molar-refractivity contribution >= 4 is 53.0 Å². The highest BCUT2D eigenvalue weighted by atomic mass is 32.1. The lowest BCUT2D eigenvalue weighted by molar-refractivity contribution is -0.161. The van der Waals surface area contributed by atoms with Crippen LogP contribution in [0.25, 0.3) is 0 Å². The summed E-state index contributed by atoms with van der Waals surface area (Å²) in [5.74, 6) is -2.40.